The molecule has 28 heavy (non-hydrogen) atoms. The van der Waals surface area contributed by atoms with E-state index in [4.69, 9.17) is 0 Å². The largest absolute Gasteiger partial charge is 0.417 e. The van der Waals surface area contributed by atoms with E-state index in [0.717, 1.165) is 18.7 Å². The Bertz CT molecular complexity index is 890. The first kappa shape index (κ1) is 19.8. The van der Waals surface area contributed by atoms with Crippen molar-refractivity contribution in [2.45, 2.75) is 32.0 Å². The highest BCUT2D eigenvalue weighted by molar-refractivity contribution is 5.98. The quantitative estimate of drug-likeness (QED) is 0.800. The molecule has 1 aliphatic rings. The molecule has 0 saturated carbocycles. The Morgan fingerprint density at radius 3 is 2.50 bits per heavy atom. The molecule has 1 atom stereocenters. The zero-order valence-corrected chi connectivity index (χ0v) is 15.7. The molecule has 2 aromatic rings. The summed E-state index contributed by atoms with van der Waals surface area (Å²) in [4.78, 5) is 32.1. The van der Waals surface area contributed by atoms with Gasteiger partial charge in [0.15, 0.2) is 5.82 Å². The number of pyridine rings is 1. The highest BCUT2D eigenvalue weighted by atomic mass is 19.4. The zero-order valence-electron chi connectivity index (χ0n) is 15.7. The van der Waals surface area contributed by atoms with Gasteiger partial charge in [0.05, 0.1) is 23.0 Å². The van der Waals surface area contributed by atoms with Crippen molar-refractivity contribution in [1.29, 1.82) is 0 Å². The third-order valence-corrected chi connectivity index (χ3v) is 4.77. The van der Waals surface area contributed by atoms with Crippen molar-refractivity contribution < 1.29 is 22.8 Å². The van der Waals surface area contributed by atoms with Crippen LogP contribution in [0, 0.1) is 6.92 Å². The fourth-order valence-corrected chi connectivity index (χ4v) is 3.25. The van der Waals surface area contributed by atoms with Crippen molar-refractivity contribution in [3.63, 3.8) is 0 Å². The molecule has 1 aliphatic heterocycles. The lowest BCUT2D eigenvalue weighted by Crippen LogP contribution is -2.45. The van der Waals surface area contributed by atoms with Crippen LogP contribution in [0.3, 0.4) is 0 Å². The molecule has 0 aliphatic carbocycles. The van der Waals surface area contributed by atoms with Crippen molar-refractivity contribution in [3.8, 4) is 5.82 Å². The Hall–Kier alpha value is -2.91. The number of carbonyl (C=O) groups is 2. The molecule has 0 aromatic carbocycles. The molecule has 7 nitrogen and oxygen atoms in total. The van der Waals surface area contributed by atoms with Crippen molar-refractivity contribution in [2.24, 2.45) is 0 Å². The van der Waals surface area contributed by atoms with Crippen LogP contribution in [-0.4, -0.2) is 63.1 Å². The Morgan fingerprint density at radius 1 is 1.21 bits per heavy atom. The van der Waals surface area contributed by atoms with Crippen LogP contribution in [0.25, 0.3) is 5.82 Å². The number of likely N-dealkylation sites (tertiary alicyclic amines) is 1. The molecule has 2 amide bonds. The topological polar surface area (TPSA) is 71.3 Å². The molecule has 1 fully saturated rings. The van der Waals surface area contributed by atoms with Crippen LogP contribution in [0.2, 0.25) is 0 Å². The van der Waals surface area contributed by atoms with Crippen LogP contribution in [0.15, 0.2) is 24.5 Å². The molecule has 10 heteroatoms. The van der Waals surface area contributed by atoms with E-state index in [1.807, 2.05) is 0 Å². The summed E-state index contributed by atoms with van der Waals surface area (Å²) in [6.07, 6.45) is -1.08. The van der Waals surface area contributed by atoms with Crippen LogP contribution < -0.4 is 0 Å². The predicted molar refractivity (Wildman–Crippen MR) is 93.9 cm³/mol. The van der Waals surface area contributed by atoms with Crippen LogP contribution in [-0.2, 0) is 11.0 Å². The van der Waals surface area contributed by atoms with Gasteiger partial charge in [0.25, 0.3) is 5.91 Å². The number of aromatic nitrogens is 3. The fraction of sp³-hybridized carbons (Fsp3) is 0.444. The van der Waals surface area contributed by atoms with Gasteiger partial charge in [-0.05, 0) is 31.9 Å². The lowest BCUT2D eigenvalue weighted by Gasteiger charge is -2.26. The molecule has 3 rings (SSSR count). The molecule has 0 N–H and O–H groups in total. The van der Waals surface area contributed by atoms with Crippen LogP contribution in [0.4, 0.5) is 13.2 Å². The summed E-state index contributed by atoms with van der Waals surface area (Å²) in [5, 5.41) is 4.11. The van der Waals surface area contributed by atoms with Crippen LogP contribution >= 0.6 is 0 Å². The smallest absolute Gasteiger partial charge is 0.347 e. The first-order valence-electron chi connectivity index (χ1n) is 8.71. The molecule has 1 saturated heterocycles. The SMILES string of the molecule is Cc1c(C(=O)N2CCCC2C(=O)N(C)C)cnn1-c1ccc(C(F)(F)F)cn1. The van der Waals surface area contributed by atoms with Gasteiger partial charge >= 0.3 is 6.18 Å². The van der Waals surface area contributed by atoms with Gasteiger partial charge in [-0.15, -0.1) is 0 Å². The zero-order chi connectivity index (χ0) is 20.6. The minimum Gasteiger partial charge on any atom is -0.347 e. The second-order valence-corrected chi connectivity index (χ2v) is 6.85. The second-order valence-electron chi connectivity index (χ2n) is 6.85. The van der Waals surface area contributed by atoms with Gasteiger partial charge in [-0.2, -0.15) is 18.3 Å². The van der Waals surface area contributed by atoms with E-state index in [9.17, 15) is 22.8 Å². The van der Waals surface area contributed by atoms with E-state index in [1.54, 1.807) is 21.0 Å². The maximum Gasteiger partial charge on any atom is 0.417 e. The summed E-state index contributed by atoms with van der Waals surface area (Å²) in [5.41, 5.74) is -0.125. The third kappa shape index (κ3) is 3.58. The lowest BCUT2D eigenvalue weighted by atomic mass is 10.1. The van der Waals surface area contributed by atoms with E-state index < -0.39 is 17.8 Å². The molecule has 3 heterocycles. The number of hydrogen-bond acceptors (Lipinski definition) is 4. The Labute approximate surface area is 159 Å². The van der Waals surface area contributed by atoms with E-state index in [1.165, 1.54) is 26.7 Å². The van der Waals surface area contributed by atoms with Crippen molar-refractivity contribution in [2.75, 3.05) is 20.6 Å². The highest BCUT2D eigenvalue weighted by Crippen LogP contribution is 2.29. The summed E-state index contributed by atoms with van der Waals surface area (Å²) in [6, 6.07) is 1.59. The normalized spacial score (nSPS) is 17.1. The van der Waals surface area contributed by atoms with Gasteiger partial charge in [0.2, 0.25) is 5.91 Å². The third-order valence-electron chi connectivity index (χ3n) is 4.77. The molecular formula is C18H20F3N5O2. The molecule has 2 aromatic heterocycles. The van der Waals surface area contributed by atoms with Crippen molar-refractivity contribution >= 4 is 11.8 Å². The van der Waals surface area contributed by atoms with Crippen LogP contribution in [0.1, 0.15) is 34.5 Å². The monoisotopic (exact) mass is 395 g/mol. The van der Waals surface area contributed by atoms with Gasteiger partial charge in [0, 0.05) is 26.8 Å². The number of alkyl halides is 3. The van der Waals surface area contributed by atoms with Gasteiger partial charge in [-0.3, -0.25) is 9.59 Å². The van der Waals surface area contributed by atoms with E-state index in [-0.39, 0.29) is 17.6 Å². The number of carbonyl (C=O) groups excluding carboxylic acids is 2. The van der Waals surface area contributed by atoms with E-state index in [0.29, 0.717) is 24.2 Å². The van der Waals surface area contributed by atoms with E-state index >= 15 is 0 Å². The Kier molecular flexibility index (Phi) is 5.14. The standard InChI is InChI=1S/C18H20F3N5O2/c1-11-13(16(27)25-8-4-5-14(25)17(28)24(2)3)10-23-26(11)15-7-6-12(9-22-15)18(19,20)21/h6-7,9-10,14H,4-5,8H2,1-3H3. The van der Waals surface area contributed by atoms with Crippen molar-refractivity contribution in [3.05, 3.63) is 41.3 Å². The average molecular weight is 395 g/mol. The maximum atomic E-state index is 13.0. The maximum absolute atomic E-state index is 13.0. The number of amides is 2. The summed E-state index contributed by atoms with van der Waals surface area (Å²) in [5.74, 6) is -0.291. The Balaban J connectivity index is 1.86. The van der Waals surface area contributed by atoms with Gasteiger partial charge < -0.3 is 9.80 Å². The average Bonchev–Trinajstić information content (AvgIpc) is 3.26. The molecule has 0 spiro atoms. The number of rotatable bonds is 3. The van der Waals surface area contributed by atoms with Crippen LogP contribution in [0.5, 0.6) is 0 Å². The number of hydrogen-bond donors (Lipinski definition) is 0. The molecular weight excluding hydrogens is 375 g/mol. The number of halogens is 3. The van der Waals surface area contributed by atoms with Crippen molar-refractivity contribution in [1.82, 2.24) is 24.6 Å². The minimum atomic E-state index is -4.48. The second kappa shape index (κ2) is 7.25. The first-order valence-corrected chi connectivity index (χ1v) is 8.71. The predicted octanol–water partition coefficient (Wildman–Crippen LogP) is 2.29. The first-order chi connectivity index (χ1) is 13.1. The summed E-state index contributed by atoms with van der Waals surface area (Å²) in [7, 11) is 3.28. The Morgan fingerprint density at radius 2 is 1.93 bits per heavy atom. The minimum absolute atomic E-state index is 0.139. The molecule has 150 valence electrons. The number of likely N-dealkylation sites (N-methyl/N-ethyl adjacent to an activating group) is 1. The van der Waals surface area contributed by atoms with Gasteiger partial charge in [-0.25, -0.2) is 9.67 Å². The van der Waals surface area contributed by atoms with E-state index in [2.05, 4.69) is 10.1 Å². The summed E-state index contributed by atoms with van der Waals surface area (Å²) in [6.45, 7) is 2.10. The fourth-order valence-electron chi connectivity index (χ4n) is 3.25. The van der Waals surface area contributed by atoms with Gasteiger partial charge in [0.1, 0.15) is 6.04 Å². The number of nitrogens with zero attached hydrogens (tertiary/aromatic N) is 5. The van der Waals surface area contributed by atoms with Gasteiger partial charge in [-0.1, -0.05) is 0 Å². The molecule has 0 radical (unpaired) electrons. The summed E-state index contributed by atoms with van der Waals surface area (Å²) < 4.78 is 39.4. The molecule has 0 bridgehead atoms. The molecule has 1 unspecified atom stereocenters. The highest BCUT2D eigenvalue weighted by Gasteiger charge is 2.36. The summed E-state index contributed by atoms with van der Waals surface area (Å²) >= 11 is 0. The lowest BCUT2D eigenvalue weighted by molar-refractivity contribution is -0.137.